The predicted octanol–water partition coefficient (Wildman–Crippen LogP) is 6.86. The van der Waals surface area contributed by atoms with Gasteiger partial charge in [0.15, 0.2) is 0 Å². The maximum atomic E-state index is 16.4. The summed E-state index contributed by atoms with van der Waals surface area (Å²) in [6.45, 7) is 13.0. The van der Waals surface area contributed by atoms with E-state index in [9.17, 15) is 28.8 Å². The average Bonchev–Trinajstić information content (AvgIpc) is 3.39. The number of hydrogen-bond donors (Lipinski definition) is 2. The van der Waals surface area contributed by atoms with Gasteiger partial charge in [0.25, 0.3) is 17.7 Å². The number of fused-ring (bicyclic) bond motifs is 1. The highest BCUT2D eigenvalue weighted by atomic mass is 19.1. The summed E-state index contributed by atoms with van der Waals surface area (Å²) in [5.74, 6) is -2.84. The Morgan fingerprint density at radius 3 is 2.22 bits per heavy atom. The van der Waals surface area contributed by atoms with E-state index in [1.165, 1.54) is 12.1 Å². The van der Waals surface area contributed by atoms with E-state index in [0.717, 1.165) is 95.0 Å². The summed E-state index contributed by atoms with van der Waals surface area (Å²) >= 11 is 0. The van der Waals surface area contributed by atoms with Crippen LogP contribution in [0.3, 0.4) is 0 Å². The van der Waals surface area contributed by atoms with Crippen LogP contribution in [0.15, 0.2) is 65.3 Å². The quantitative estimate of drug-likeness (QED) is 0.264. The van der Waals surface area contributed by atoms with Gasteiger partial charge in [0.2, 0.25) is 17.7 Å². The van der Waals surface area contributed by atoms with Crippen molar-refractivity contribution in [1.29, 1.82) is 0 Å². The molecule has 0 bridgehead atoms. The summed E-state index contributed by atoms with van der Waals surface area (Å²) in [5, 5.41) is 7.41. The predicted molar refractivity (Wildman–Crippen MR) is 274 cm³/mol. The number of nitrogens with one attached hydrogen (secondary N) is 2. The standard InChI is InChI=1S/C57H74F2N8O6/c1-37-11-8-16-42-48(37)46(61-62-52(42)70)34-38-18-19-45(58)44(33-38)53(71)66-31-29-64(30-32-66)47(68)36-63-25-20-57(21-26-63)22-27-65(28-23-57)54(72)50(39-12-6-5-7-13-39)60-51(69)43-17-9-15-41(49(43)59)40-14-10-24-67(35-40)55(73)56(2,3)4/h8-9,11,15-19,33,37,39-40,48,50H,5-7,10,12-14,20-32,34-36H2,1-4H3,(H,60,69)(H,62,70)/t37?,40?,48?,50-/m1/s1. The molecular formula is C57H74F2N8O6. The Kier molecular flexibility index (Phi) is 15.7. The van der Waals surface area contributed by atoms with Crippen molar-refractivity contribution in [2.75, 3.05) is 72.0 Å². The van der Waals surface area contributed by atoms with Gasteiger partial charge in [-0.3, -0.25) is 33.7 Å². The molecule has 3 unspecified atom stereocenters. The molecule has 4 atom stereocenters. The van der Waals surface area contributed by atoms with Crippen molar-refractivity contribution in [2.45, 2.75) is 117 Å². The first-order chi connectivity index (χ1) is 35.0. The molecule has 5 fully saturated rings. The summed E-state index contributed by atoms with van der Waals surface area (Å²) in [6, 6.07) is 8.72. The van der Waals surface area contributed by atoms with Gasteiger partial charge in [-0.1, -0.05) is 83.4 Å². The van der Waals surface area contributed by atoms with E-state index in [1.54, 1.807) is 40.1 Å². The first kappa shape index (κ1) is 52.1. The Balaban J connectivity index is 0.745. The van der Waals surface area contributed by atoms with Gasteiger partial charge in [0.1, 0.15) is 17.7 Å². The van der Waals surface area contributed by atoms with E-state index in [0.29, 0.717) is 69.9 Å². The van der Waals surface area contributed by atoms with Gasteiger partial charge in [0, 0.05) is 81.6 Å². The third-order valence-corrected chi connectivity index (χ3v) is 17.2. The van der Waals surface area contributed by atoms with Crippen LogP contribution in [-0.2, 0) is 25.6 Å². The molecule has 14 nitrogen and oxygen atoms in total. The maximum absolute atomic E-state index is 16.4. The molecular weight excluding hydrogens is 931 g/mol. The van der Waals surface area contributed by atoms with E-state index in [2.05, 4.69) is 20.7 Å². The first-order valence-corrected chi connectivity index (χ1v) is 27.0. The zero-order chi connectivity index (χ0) is 51.6. The number of nitrogens with zero attached hydrogens (tertiary/aromatic N) is 6. The van der Waals surface area contributed by atoms with Gasteiger partial charge >= 0.3 is 0 Å². The fourth-order valence-corrected chi connectivity index (χ4v) is 12.7. The van der Waals surface area contributed by atoms with Crippen molar-refractivity contribution in [3.8, 4) is 0 Å². The number of likely N-dealkylation sites (tertiary alicyclic amines) is 3. The van der Waals surface area contributed by atoms with Crippen LogP contribution < -0.4 is 10.7 Å². The molecule has 392 valence electrons. The summed E-state index contributed by atoms with van der Waals surface area (Å²) < 4.78 is 31.6. The van der Waals surface area contributed by atoms with Crippen molar-refractivity contribution >= 4 is 41.2 Å². The van der Waals surface area contributed by atoms with E-state index >= 15 is 8.78 Å². The van der Waals surface area contributed by atoms with Crippen LogP contribution in [0.1, 0.15) is 136 Å². The first-order valence-electron chi connectivity index (χ1n) is 27.0. The van der Waals surface area contributed by atoms with Crippen LogP contribution >= 0.6 is 0 Å². The number of amides is 6. The topological polar surface area (TPSA) is 155 Å². The molecule has 1 spiro atoms. The van der Waals surface area contributed by atoms with E-state index in [4.69, 9.17) is 0 Å². The number of piperazine rings is 1. The van der Waals surface area contributed by atoms with Crippen LogP contribution in [0.5, 0.6) is 0 Å². The smallest absolute Gasteiger partial charge is 0.267 e. The highest BCUT2D eigenvalue weighted by molar-refractivity contribution is 6.07. The fourth-order valence-electron chi connectivity index (χ4n) is 12.7. The van der Waals surface area contributed by atoms with Gasteiger partial charge < -0.3 is 24.9 Å². The lowest BCUT2D eigenvalue weighted by Crippen LogP contribution is -2.56. The molecule has 73 heavy (non-hydrogen) atoms. The number of piperidine rings is 3. The van der Waals surface area contributed by atoms with Crippen LogP contribution in [0.2, 0.25) is 0 Å². The van der Waals surface area contributed by atoms with E-state index in [1.807, 2.05) is 49.6 Å². The Morgan fingerprint density at radius 2 is 1.51 bits per heavy atom. The van der Waals surface area contributed by atoms with Gasteiger partial charge in [0.05, 0.1) is 23.4 Å². The number of allylic oxidation sites excluding steroid dienone is 3. The van der Waals surface area contributed by atoms with Crippen molar-refractivity contribution in [1.82, 2.24) is 35.2 Å². The second kappa shape index (κ2) is 22.0. The molecule has 9 rings (SSSR count). The van der Waals surface area contributed by atoms with Crippen molar-refractivity contribution < 1.29 is 37.5 Å². The highest BCUT2D eigenvalue weighted by Gasteiger charge is 2.43. The second-order valence-electron chi connectivity index (χ2n) is 23.1. The number of hydrogen-bond acceptors (Lipinski definition) is 8. The molecule has 5 heterocycles. The lowest BCUT2D eigenvalue weighted by Gasteiger charge is -2.47. The van der Waals surface area contributed by atoms with Crippen molar-refractivity contribution in [2.24, 2.45) is 33.7 Å². The van der Waals surface area contributed by atoms with Crippen molar-refractivity contribution in [3.05, 3.63) is 94.1 Å². The molecule has 2 aliphatic carbocycles. The normalized spacial score (nSPS) is 24.3. The molecule has 2 aromatic carbocycles. The highest BCUT2D eigenvalue weighted by Crippen LogP contribution is 2.42. The van der Waals surface area contributed by atoms with Gasteiger partial charge in [-0.25, -0.2) is 14.2 Å². The molecule has 2 aromatic rings. The molecule has 0 aromatic heterocycles. The fraction of sp³-hybridized carbons (Fsp3) is 0.596. The monoisotopic (exact) mass is 1000 g/mol. The van der Waals surface area contributed by atoms with Crippen LogP contribution in [0.4, 0.5) is 8.78 Å². The minimum absolute atomic E-state index is 0.00724. The molecule has 6 amide bonds. The number of halogens is 2. The van der Waals surface area contributed by atoms with Gasteiger partial charge in [-0.05, 0) is 111 Å². The Hall–Kier alpha value is -5.77. The van der Waals surface area contributed by atoms with E-state index < -0.39 is 34.9 Å². The lowest BCUT2D eigenvalue weighted by molar-refractivity contribution is -0.140. The maximum Gasteiger partial charge on any atom is 0.267 e. The molecule has 5 aliphatic heterocycles. The SMILES string of the molecule is CC1C=CC=C2C(=O)NN=C(Cc3ccc(F)c(C(=O)N4CCN(C(=O)CN5CCC6(CC5)CCN(C(=O)[C@H](NC(=O)c5cccc(C7CCCN(C(=O)C(C)(C)C)C7)c5F)C5CCCCC5)CC6)CC4)c3)C21. The number of rotatable bonds is 10. The number of benzene rings is 2. The second-order valence-corrected chi connectivity index (χ2v) is 23.1. The Morgan fingerprint density at radius 1 is 0.808 bits per heavy atom. The van der Waals surface area contributed by atoms with Crippen LogP contribution in [0, 0.1) is 40.2 Å². The van der Waals surface area contributed by atoms with Crippen LogP contribution in [0.25, 0.3) is 0 Å². The van der Waals surface area contributed by atoms with E-state index in [-0.39, 0.29) is 70.4 Å². The number of hydrazone groups is 1. The molecule has 0 radical (unpaired) electrons. The van der Waals surface area contributed by atoms with Gasteiger partial charge in [-0.15, -0.1) is 0 Å². The number of carbonyl (C=O) groups excluding carboxylic acids is 6. The largest absolute Gasteiger partial charge is 0.342 e. The molecule has 16 heteroatoms. The van der Waals surface area contributed by atoms with Gasteiger partial charge in [-0.2, -0.15) is 5.10 Å². The zero-order valence-corrected chi connectivity index (χ0v) is 43.2. The third kappa shape index (κ3) is 11.5. The summed E-state index contributed by atoms with van der Waals surface area (Å²) in [7, 11) is 0. The summed E-state index contributed by atoms with van der Waals surface area (Å²) in [5.41, 5.74) is 4.56. The third-order valence-electron chi connectivity index (χ3n) is 17.2. The Bertz CT molecular complexity index is 2540. The lowest BCUT2D eigenvalue weighted by atomic mass is 9.71. The minimum Gasteiger partial charge on any atom is -0.342 e. The molecule has 4 saturated heterocycles. The Labute approximate surface area is 429 Å². The summed E-state index contributed by atoms with van der Waals surface area (Å²) in [6.07, 6.45) is 15.7. The minimum atomic E-state index is -0.746. The summed E-state index contributed by atoms with van der Waals surface area (Å²) in [4.78, 5) is 90.8. The average molecular weight is 1010 g/mol. The molecule has 7 aliphatic rings. The van der Waals surface area contributed by atoms with Crippen LogP contribution in [-0.4, -0.2) is 144 Å². The molecule has 2 N–H and O–H groups in total. The molecule has 1 saturated carbocycles. The zero-order valence-electron chi connectivity index (χ0n) is 43.2. The van der Waals surface area contributed by atoms with Crippen molar-refractivity contribution in [3.63, 3.8) is 0 Å². The number of carbonyl (C=O) groups is 6.